The van der Waals surface area contributed by atoms with Crippen LogP contribution in [0, 0.1) is 6.92 Å². The van der Waals surface area contributed by atoms with Crippen molar-refractivity contribution in [1.29, 1.82) is 0 Å². The molecule has 0 unspecified atom stereocenters. The average Bonchev–Trinajstić information content (AvgIpc) is 3.22. The number of rotatable bonds is 6. The van der Waals surface area contributed by atoms with Gasteiger partial charge in [0, 0.05) is 0 Å². The molecular formula is C23H23N5O3. The Kier molecular flexibility index (Phi) is 6.16. The summed E-state index contributed by atoms with van der Waals surface area (Å²) in [5, 5.41) is 14.3. The summed E-state index contributed by atoms with van der Waals surface area (Å²) in [5.74, 6) is -0.594. The van der Waals surface area contributed by atoms with Crippen molar-refractivity contribution in [3.63, 3.8) is 0 Å². The molecule has 8 nitrogen and oxygen atoms in total. The number of benzene rings is 2. The van der Waals surface area contributed by atoms with Crippen LogP contribution in [0.2, 0.25) is 0 Å². The molecule has 0 spiro atoms. The molecule has 1 heterocycles. The van der Waals surface area contributed by atoms with Gasteiger partial charge in [0.05, 0.1) is 6.04 Å². The van der Waals surface area contributed by atoms with E-state index in [-0.39, 0.29) is 24.3 Å². The van der Waals surface area contributed by atoms with Crippen molar-refractivity contribution < 1.29 is 14.3 Å². The second-order valence-corrected chi connectivity index (χ2v) is 7.37. The van der Waals surface area contributed by atoms with Crippen molar-refractivity contribution in [3.8, 4) is 0 Å². The summed E-state index contributed by atoms with van der Waals surface area (Å²) >= 11 is 0. The first kappa shape index (κ1) is 20.5. The zero-order chi connectivity index (χ0) is 21.6. The van der Waals surface area contributed by atoms with Crippen molar-refractivity contribution in [2.75, 3.05) is 6.61 Å². The third-order valence-electron chi connectivity index (χ3n) is 5.20. The lowest BCUT2D eigenvalue weighted by molar-refractivity contribution is -0.143. The minimum atomic E-state index is -0.682. The first-order valence-electron chi connectivity index (χ1n) is 10.2. The smallest absolute Gasteiger partial charge is 0.357 e. The number of ether oxygens (including phenoxy) is 1. The highest BCUT2D eigenvalue weighted by Gasteiger charge is 2.23. The Labute approximate surface area is 179 Å². The van der Waals surface area contributed by atoms with E-state index in [0.29, 0.717) is 5.82 Å². The average molecular weight is 417 g/mol. The molecule has 1 aromatic heterocycles. The van der Waals surface area contributed by atoms with Crippen LogP contribution >= 0.6 is 0 Å². The minimum Gasteiger partial charge on any atom is -0.451 e. The zero-order valence-corrected chi connectivity index (χ0v) is 17.2. The number of fused-ring (bicyclic) bond motifs is 1. The van der Waals surface area contributed by atoms with E-state index in [1.54, 1.807) is 13.0 Å². The topological polar surface area (TPSA) is 99.0 Å². The fourth-order valence-electron chi connectivity index (χ4n) is 3.71. The summed E-state index contributed by atoms with van der Waals surface area (Å²) in [6.07, 6.45) is 4.50. The van der Waals surface area contributed by atoms with Gasteiger partial charge in [-0.15, -0.1) is 5.10 Å². The van der Waals surface area contributed by atoms with Crippen molar-refractivity contribution in [2.45, 2.75) is 32.2 Å². The number of carbonyl (C=O) groups is 2. The van der Waals surface area contributed by atoms with Crippen LogP contribution in [0.3, 0.4) is 0 Å². The maximum atomic E-state index is 12.8. The first-order valence-corrected chi connectivity index (χ1v) is 10.2. The predicted molar refractivity (Wildman–Crippen MR) is 114 cm³/mol. The van der Waals surface area contributed by atoms with Crippen LogP contribution in [0.1, 0.15) is 41.4 Å². The second kappa shape index (κ2) is 9.34. The number of aromatic nitrogens is 4. The number of esters is 1. The van der Waals surface area contributed by atoms with E-state index in [2.05, 4.69) is 26.9 Å². The molecule has 0 aliphatic heterocycles. The summed E-state index contributed by atoms with van der Waals surface area (Å²) in [6, 6.07) is 17.3. The van der Waals surface area contributed by atoms with E-state index in [9.17, 15) is 9.59 Å². The van der Waals surface area contributed by atoms with Crippen molar-refractivity contribution >= 4 is 23.6 Å². The van der Waals surface area contributed by atoms with Gasteiger partial charge in [-0.05, 0) is 59.4 Å². The molecule has 0 radical (unpaired) electrons. The van der Waals surface area contributed by atoms with Gasteiger partial charge in [0.25, 0.3) is 5.91 Å². The highest BCUT2D eigenvalue weighted by molar-refractivity contribution is 6.15. The number of hydrogen-bond acceptors (Lipinski definition) is 6. The Morgan fingerprint density at radius 1 is 1.16 bits per heavy atom. The number of aryl methyl sites for hydroxylation is 2. The quantitative estimate of drug-likeness (QED) is 0.489. The molecule has 2 aromatic carbocycles. The lowest BCUT2D eigenvalue weighted by Crippen LogP contribution is -2.34. The van der Waals surface area contributed by atoms with E-state index in [1.807, 2.05) is 48.5 Å². The normalized spacial score (nSPS) is 15.8. The third-order valence-corrected chi connectivity index (χ3v) is 5.20. The summed E-state index contributed by atoms with van der Waals surface area (Å²) in [4.78, 5) is 25.3. The number of tetrazole rings is 1. The SMILES string of the molecule is Cc1nnnn1/C(=C/c1ccccc1)C(=O)OCC(=O)N[C@@H]1CCCc2ccccc21. The van der Waals surface area contributed by atoms with E-state index >= 15 is 0 Å². The van der Waals surface area contributed by atoms with E-state index in [4.69, 9.17) is 4.74 Å². The number of hydrogen-bond donors (Lipinski definition) is 1. The maximum Gasteiger partial charge on any atom is 0.357 e. The Morgan fingerprint density at radius 3 is 2.71 bits per heavy atom. The predicted octanol–water partition coefficient (Wildman–Crippen LogP) is 2.72. The molecule has 1 N–H and O–H groups in total. The molecule has 31 heavy (non-hydrogen) atoms. The molecule has 0 bridgehead atoms. The summed E-state index contributed by atoms with van der Waals surface area (Å²) in [7, 11) is 0. The van der Waals surface area contributed by atoms with Gasteiger partial charge in [-0.3, -0.25) is 4.79 Å². The molecule has 3 aromatic rings. The Balaban J connectivity index is 1.44. The van der Waals surface area contributed by atoms with Crippen molar-refractivity contribution in [2.24, 2.45) is 0 Å². The Morgan fingerprint density at radius 2 is 1.94 bits per heavy atom. The molecule has 1 aliphatic carbocycles. The Bertz CT molecular complexity index is 1110. The van der Waals surface area contributed by atoms with Gasteiger partial charge in [0.1, 0.15) is 0 Å². The molecule has 1 aliphatic rings. The fraction of sp³-hybridized carbons (Fsp3) is 0.261. The molecule has 1 atom stereocenters. The van der Waals surface area contributed by atoms with Crippen LogP contribution < -0.4 is 5.32 Å². The molecule has 1 amide bonds. The third kappa shape index (κ3) is 4.85. The van der Waals surface area contributed by atoms with Crippen molar-refractivity contribution in [1.82, 2.24) is 25.5 Å². The monoisotopic (exact) mass is 417 g/mol. The molecular weight excluding hydrogens is 394 g/mol. The minimum absolute atomic E-state index is 0.0720. The highest BCUT2D eigenvalue weighted by atomic mass is 16.5. The molecule has 4 rings (SSSR count). The lowest BCUT2D eigenvalue weighted by Gasteiger charge is -2.26. The van der Waals surface area contributed by atoms with Gasteiger partial charge in [0.15, 0.2) is 18.1 Å². The zero-order valence-electron chi connectivity index (χ0n) is 17.2. The van der Waals surface area contributed by atoms with Crippen LogP contribution in [0.5, 0.6) is 0 Å². The largest absolute Gasteiger partial charge is 0.451 e. The lowest BCUT2D eigenvalue weighted by atomic mass is 9.88. The van der Waals surface area contributed by atoms with Gasteiger partial charge >= 0.3 is 5.97 Å². The van der Waals surface area contributed by atoms with E-state index < -0.39 is 5.97 Å². The van der Waals surface area contributed by atoms with Gasteiger partial charge in [-0.1, -0.05) is 54.6 Å². The number of amides is 1. The number of nitrogens with one attached hydrogen (secondary N) is 1. The number of nitrogens with zero attached hydrogens (tertiary/aromatic N) is 4. The molecule has 8 heteroatoms. The van der Waals surface area contributed by atoms with Crippen molar-refractivity contribution in [3.05, 3.63) is 77.1 Å². The highest BCUT2D eigenvalue weighted by Crippen LogP contribution is 2.29. The fourth-order valence-corrected chi connectivity index (χ4v) is 3.71. The van der Waals surface area contributed by atoms with Crippen LogP contribution in [0.15, 0.2) is 54.6 Å². The number of carbonyl (C=O) groups excluding carboxylic acids is 2. The molecule has 0 fully saturated rings. The summed E-state index contributed by atoms with van der Waals surface area (Å²) in [6.45, 7) is 1.30. The summed E-state index contributed by atoms with van der Waals surface area (Å²) in [5.41, 5.74) is 3.29. The van der Waals surface area contributed by atoms with Crippen LogP contribution in [-0.2, 0) is 20.7 Å². The standard InChI is InChI=1S/C23H23N5O3/c1-16-25-26-27-28(16)21(14-17-8-3-2-4-9-17)23(30)31-15-22(29)24-20-13-7-11-18-10-5-6-12-19(18)20/h2-6,8-10,12,14,20H,7,11,13,15H2,1H3,(H,24,29)/b21-14+/t20-/m1/s1. The van der Waals surface area contributed by atoms with E-state index in [1.165, 1.54) is 10.2 Å². The first-order chi connectivity index (χ1) is 15.1. The molecule has 158 valence electrons. The summed E-state index contributed by atoms with van der Waals surface area (Å²) < 4.78 is 6.61. The van der Waals surface area contributed by atoms with E-state index in [0.717, 1.165) is 30.4 Å². The van der Waals surface area contributed by atoms with Gasteiger partial charge in [0.2, 0.25) is 0 Å². The second-order valence-electron chi connectivity index (χ2n) is 7.37. The van der Waals surface area contributed by atoms with Crippen LogP contribution in [0.25, 0.3) is 11.8 Å². The maximum absolute atomic E-state index is 12.8. The van der Waals surface area contributed by atoms with Gasteiger partial charge in [-0.25, -0.2) is 4.79 Å². The molecule has 0 saturated heterocycles. The van der Waals surface area contributed by atoms with Gasteiger partial charge < -0.3 is 10.1 Å². The van der Waals surface area contributed by atoms with Crippen LogP contribution in [0.4, 0.5) is 0 Å². The molecule has 0 saturated carbocycles. The Hall–Kier alpha value is -3.81. The van der Waals surface area contributed by atoms with Gasteiger partial charge in [-0.2, -0.15) is 4.68 Å². The van der Waals surface area contributed by atoms with Crippen LogP contribution in [-0.4, -0.2) is 38.7 Å².